The van der Waals surface area contributed by atoms with Gasteiger partial charge in [-0.1, -0.05) is 18.2 Å². The molecule has 130 valence electrons. The van der Waals surface area contributed by atoms with Crippen LogP contribution in [-0.2, 0) is 16.6 Å². The minimum absolute atomic E-state index is 0.185. The Bertz CT molecular complexity index is 1070. The molecule has 6 nitrogen and oxygen atoms in total. The van der Waals surface area contributed by atoms with Gasteiger partial charge >= 0.3 is 0 Å². The van der Waals surface area contributed by atoms with Crippen molar-refractivity contribution in [3.8, 4) is 11.3 Å². The molecule has 1 N–H and O–H groups in total. The fraction of sp³-hybridized carbons (Fsp3) is 0.176. The van der Waals surface area contributed by atoms with Crippen molar-refractivity contribution in [2.45, 2.75) is 24.6 Å². The number of hydrogen-bond acceptors (Lipinski definition) is 5. The molecule has 0 aliphatic carbocycles. The van der Waals surface area contributed by atoms with Crippen molar-refractivity contribution in [1.29, 1.82) is 0 Å². The van der Waals surface area contributed by atoms with Gasteiger partial charge in [0.05, 0.1) is 11.4 Å². The molecule has 0 amide bonds. The highest BCUT2D eigenvalue weighted by Gasteiger charge is 2.18. The number of nitrogens with zero attached hydrogens (tertiary/aromatic N) is 2. The van der Waals surface area contributed by atoms with Crippen LogP contribution in [0.4, 0.5) is 5.69 Å². The zero-order chi connectivity index (χ0) is 18.0. The average Bonchev–Trinajstić information content (AvgIpc) is 3.08. The van der Waals surface area contributed by atoms with Gasteiger partial charge in [0, 0.05) is 23.6 Å². The van der Waals surface area contributed by atoms with Crippen LogP contribution in [0, 0.1) is 6.92 Å². The standard InChI is InChI=1S/C17H17N3O3S2/c1-3-20-16(21)9-8-15(18-20)13-10-17(24-11-13)25(22,23)19-14-7-5-4-6-12(14)2/h4-11,19H,3H2,1-2H3. The SMILES string of the molecule is CCn1nc(-c2csc(S(=O)(=O)Nc3ccccc3C)c2)ccc1=O. The van der Waals surface area contributed by atoms with Crippen LogP contribution in [0.3, 0.4) is 0 Å². The van der Waals surface area contributed by atoms with Gasteiger partial charge in [-0.05, 0) is 37.6 Å². The van der Waals surface area contributed by atoms with Crippen LogP contribution < -0.4 is 10.3 Å². The van der Waals surface area contributed by atoms with E-state index in [1.54, 1.807) is 29.6 Å². The molecular formula is C17H17N3O3S2. The van der Waals surface area contributed by atoms with Crippen molar-refractivity contribution in [3.63, 3.8) is 0 Å². The van der Waals surface area contributed by atoms with E-state index >= 15 is 0 Å². The van der Waals surface area contributed by atoms with Gasteiger partial charge in [0.1, 0.15) is 4.21 Å². The first-order chi connectivity index (χ1) is 11.9. The molecule has 0 atom stereocenters. The first-order valence-corrected chi connectivity index (χ1v) is 10.0. The Hall–Kier alpha value is -2.45. The predicted octanol–water partition coefficient (Wildman–Crippen LogP) is 3.10. The maximum Gasteiger partial charge on any atom is 0.271 e. The number of aryl methyl sites for hydroxylation is 2. The summed E-state index contributed by atoms with van der Waals surface area (Å²) in [5.74, 6) is 0. The number of para-hydroxylation sites is 1. The Balaban J connectivity index is 1.93. The van der Waals surface area contributed by atoms with Crippen LogP contribution in [0.2, 0.25) is 0 Å². The van der Waals surface area contributed by atoms with Gasteiger partial charge in [0.25, 0.3) is 15.6 Å². The van der Waals surface area contributed by atoms with Gasteiger partial charge < -0.3 is 0 Å². The maximum atomic E-state index is 12.6. The van der Waals surface area contributed by atoms with Crippen LogP contribution in [0.15, 0.2) is 56.8 Å². The predicted molar refractivity (Wildman–Crippen MR) is 99.5 cm³/mol. The molecule has 0 unspecified atom stereocenters. The topological polar surface area (TPSA) is 81.1 Å². The van der Waals surface area contributed by atoms with E-state index in [9.17, 15) is 13.2 Å². The Kier molecular flexibility index (Phi) is 4.73. The van der Waals surface area contributed by atoms with Crippen molar-refractivity contribution < 1.29 is 8.42 Å². The first kappa shape index (κ1) is 17.4. The zero-order valence-electron chi connectivity index (χ0n) is 13.8. The van der Waals surface area contributed by atoms with Crippen LogP contribution in [-0.4, -0.2) is 18.2 Å². The first-order valence-electron chi connectivity index (χ1n) is 7.66. The number of rotatable bonds is 5. The van der Waals surface area contributed by atoms with Crippen molar-refractivity contribution in [2.75, 3.05) is 4.72 Å². The van der Waals surface area contributed by atoms with Gasteiger partial charge in [0.15, 0.2) is 0 Å². The monoisotopic (exact) mass is 375 g/mol. The lowest BCUT2D eigenvalue weighted by atomic mass is 10.2. The summed E-state index contributed by atoms with van der Waals surface area (Å²) in [4.78, 5) is 11.6. The molecule has 0 saturated heterocycles. The number of hydrogen-bond donors (Lipinski definition) is 1. The van der Waals surface area contributed by atoms with Gasteiger partial charge in [0.2, 0.25) is 0 Å². The molecule has 3 aromatic rings. The van der Waals surface area contributed by atoms with Crippen LogP contribution in [0.1, 0.15) is 12.5 Å². The van der Waals surface area contributed by atoms with Crippen molar-refractivity contribution in [3.05, 3.63) is 63.8 Å². The highest BCUT2D eigenvalue weighted by Crippen LogP contribution is 2.28. The number of nitrogens with one attached hydrogen (secondary N) is 1. The Morgan fingerprint density at radius 2 is 1.96 bits per heavy atom. The van der Waals surface area contributed by atoms with Crippen LogP contribution >= 0.6 is 11.3 Å². The third-order valence-electron chi connectivity index (χ3n) is 3.69. The maximum absolute atomic E-state index is 12.6. The third kappa shape index (κ3) is 3.64. The van der Waals surface area contributed by atoms with E-state index in [0.717, 1.165) is 16.9 Å². The van der Waals surface area contributed by atoms with Gasteiger partial charge in [-0.25, -0.2) is 13.1 Å². The molecular weight excluding hydrogens is 358 g/mol. The lowest BCUT2D eigenvalue weighted by molar-refractivity contribution is 0.603. The zero-order valence-corrected chi connectivity index (χ0v) is 15.4. The van der Waals surface area contributed by atoms with Gasteiger partial charge in [-0.3, -0.25) is 9.52 Å². The lowest BCUT2D eigenvalue weighted by Crippen LogP contribution is -2.20. The second-order valence-corrected chi connectivity index (χ2v) is 8.27. The number of anilines is 1. The Morgan fingerprint density at radius 1 is 1.20 bits per heavy atom. The van der Waals surface area contributed by atoms with Crippen molar-refractivity contribution >= 4 is 27.0 Å². The molecule has 3 rings (SSSR count). The number of sulfonamides is 1. The molecule has 0 fully saturated rings. The molecule has 8 heteroatoms. The fourth-order valence-electron chi connectivity index (χ4n) is 2.30. The van der Waals surface area contributed by atoms with Crippen LogP contribution in [0.25, 0.3) is 11.3 Å². The quantitative estimate of drug-likeness (QED) is 0.743. The molecule has 0 aliphatic heterocycles. The van der Waals surface area contributed by atoms with E-state index in [-0.39, 0.29) is 9.77 Å². The normalized spacial score (nSPS) is 11.4. The molecule has 0 spiro atoms. The summed E-state index contributed by atoms with van der Waals surface area (Å²) in [6.45, 7) is 4.13. The van der Waals surface area contributed by atoms with E-state index in [0.29, 0.717) is 23.5 Å². The number of aromatic nitrogens is 2. The fourth-order valence-corrected chi connectivity index (χ4v) is 4.61. The molecule has 0 aliphatic rings. The van der Waals surface area contributed by atoms with E-state index < -0.39 is 10.0 Å². The second-order valence-electron chi connectivity index (χ2n) is 5.45. The lowest BCUT2D eigenvalue weighted by Gasteiger charge is -2.08. The summed E-state index contributed by atoms with van der Waals surface area (Å²) in [5.41, 5.74) is 2.44. The summed E-state index contributed by atoms with van der Waals surface area (Å²) in [7, 11) is -3.67. The number of thiophene rings is 1. The molecule has 0 radical (unpaired) electrons. The Morgan fingerprint density at radius 3 is 2.68 bits per heavy atom. The summed E-state index contributed by atoms with van der Waals surface area (Å²) in [5, 5.41) is 5.97. The summed E-state index contributed by atoms with van der Waals surface area (Å²) in [6.07, 6.45) is 0. The van der Waals surface area contributed by atoms with E-state index in [1.807, 2.05) is 26.0 Å². The smallest absolute Gasteiger partial charge is 0.271 e. The highest BCUT2D eigenvalue weighted by molar-refractivity contribution is 7.94. The molecule has 0 bridgehead atoms. The largest absolute Gasteiger partial charge is 0.279 e. The summed E-state index contributed by atoms with van der Waals surface area (Å²) in [6, 6.07) is 11.8. The summed E-state index contributed by atoms with van der Waals surface area (Å²) >= 11 is 1.12. The minimum Gasteiger partial charge on any atom is -0.279 e. The third-order valence-corrected chi connectivity index (χ3v) is 6.50. The van der Waals surface area contributed by atoms with Crippen molar-refractivity contribution in [1.82, 2.24) is 9.78 Å². The molecule has 2 heterocycles. The number of benzene rings is 1. The van der Waals surface area contributed by atoms with E-state index in [2.05, 4.69) is 9.82 Å². The summed E-state index contributed by atoms with van der Waals surface area (Å²) < 4.78 is 29.3. The second kappa shape index (κ2) is 6.81. The van der Waals surface area contributed by atoms with Gasteiger partial charge in [-0.15, -0.1) is 11.3 Å². The molecule has 0 saturated carbocycles. The average molecular weight is 375 g/mol. The minimum atomic E-state index is -3.67. The van der Waals surface area contributed by atoms with E-state index in [4.69, 9.17) is 0 Å². The Labute approximate surface area is 149 Å². The van der Waals surface area contributed by atoms with E-state index in [1.165, 1.54) is 10.7 Å². The molecule has 25 heavy (non-hydrogen) atoms. The van der Waals surface area contributed by atoms with Crippen LogP contribution in [0.5, 0.6) is 0 Å². The highest BCUT2D eigenvalue weighted by atomic mass is 32.2. The van der Waals surface area contributed by atoms with Crippen molar-refractivity contribution in [2.24, 2.45) is 0 Å². The molecule has 2 aromatic heterocycles. The van der Waals surface area contributed by atoms with Gasteiger partial charge in [-0.2, -0.15) is 5.10 Å². The molecule has 1 aromatic carbocycles.